The van der Waals surface area contributed by atoms with E-state index in [1.165, 1.54) is 0 Å². The summed E-state index contributed by atoms with van der Waals surface area (Å²) in [4.78, 5) is 25.8. The predicted octanol–water partition coefficient (Wildman–Crippen LogP) is 1.15. The quantitative estimate of drug-likeness (QED) is 0.749. The zero-order valence-electron chi connectivity index (χ0n) is 11.7. The molecular weight excluding hydrogens is 244 g/mol. The van der Waals surface area contributed by atoms with Crippen LogP contribution in [-0.2, 0) is 9.59 Å². The molecule has 0 saturated carbocycles. The van der Waals surface area contributed by atoms with E-state index in [0.29, 0.717) is 19.4 Å². The number of carbonyl (C=O) groups is 2. The van der Waals surface area contributed by atoms with Gasteiger partial charge in [-0.25, -0.2) is 4.79 Å². The monoisotopic (exact) mass is 266 g/mol. The van der Waals surface area contributed by atoms with Gasteiger partial charge in [-0.2, -0.15) is 0 Å². The number of amides is 1. The van der Waals surface area contributed by atoms with Gasteiger partial charge in [0.2, 0.25) is 5.91 Å². The largest absolute Gasteiger partial charge is 0.479 e. The van der Waals surface area contributed by atoms with Crippen molar-refractivity contribution in [2.75, 3.05) is 19.6 Å². The molecule has 2 rings (SSSR count). The molecule has 2 N–H and O–H groups in total. The lowest BCUT2D eigenvalue weighted by Crippen LogP contribution is -2.53. The Kier molecular flexibility index (Phi) is 3.94. The minimum absolute atomic E-state index is 0.0927. The lowest BCUT2D eigenvalue weighted by molar-refractivity contribution is -0.155. The van der Waals surface area contributed by atoms with E-state index in [1.54, 1.807) is 4.90 Å². The Morgan fingerprint density at radius 1 is 1.42 bits per heavy atom. The molecule has 1 atom stereocenters. The van der Waals surface area contributed by atoms with Crippen LogP contribution in [0.15, 0.2) is 11.1 Å². The molecule has 1 unspecified atom stereocenters. The van der Waals surface area contributed by atoms with Crippen LogP contribution >= 0.6 is 0 Å². The van der Waals surface area contributed by atoms with E-state index >= 15 is 0 Å². The highest BCUT2D eigenvalue weighted by Gasteiger charge is 2.49. The van der Waals surface area contributed by atoms with E-state index < -0.39 is 11.5 Å². The molecule has 2 saturated heterocycles. The number of nitrogens with zero attached hydrogens (tertiary/aromatic N) is 1. The van der Waals surface area contributed by atoms with Crippen molar-refractivity contribution in [2.45, 2.75) is 45.1 Å². The average Bonchev–Trinajstić information content (AvgIpc) is 2.71. The van der Waals surface area contributed by atoms with E-state index in [9.17, 15) is 14.7 Å². The van der Waals surface area contributed by atoms with Crippen LogP contribution in [-0.4, -0.2) is 47.1 Å². The molecule has 0 bridgehead atoms. The van der Waals surface area contributed by atoms with Crippen molar-refractivity contribution in [3.05, 3.63) is 11.1 Å². The Hall–Kier alpha value is -1.36. The van der Waals surface area contributed by atoms with Gasteiger partial charge >= 0.3 is 5.97 Å². The highest BCUT2D eigenvalue weighted by molar-refractivity contribution is 5.98. The fourth-order valence-corrected chi connectivity index (χ4v) is 3.05. The molecule has 2 fully saturated rings. The molecule has 19 heavy (non-hydrogen) atoms. The third-order valence-corrected chi connectivity index (χ3v) is 4.32. The zero-order chi connectivity index (χ0) is 14.0. The Morgan fingerprint density at radius 2 is 2.11 bits per heavy atom. The van der Waals surface area contributed by atoms with Gasteiger partial charge in [0.15, 0.2) is 0 Å². The minimum atomic E-state index is -0.981. The second-order valence-corrected chi connectivity index (χ2v) is 5.48. The molecule has 2 aliphatic heterocycles. The molecule has 106 valence electrons. The first-order valence-corrected chi connectivity index (χ1v) is 6.97. The Morgan fingerprint density at radius 3 is 2.58 bits per heavy atom. The molecule has 0 aromatic rings. The smallest absolute Gasteiger partial charge is 0.329 e. The second-order valence-electron chi connectivity index (χ2n) is 5.48. The van der Waals surface area contributed by atoms with Gasteiger partial charge in [0, 0.05) is 25.2 Å². The third kappa shape index (κ3) is 2.27. The summed E-state index contributed by atoms with van der Waals surface area (Å²) >= 11 is 0. The summed E-state index contributed by atoms with van der Waals surface area (Å²) < 4.78 is 0. The van der Waals surface area contributed by atoms with Crippen molar-refractivity contribution in [3.63, 3.8) is 0 Å². The van der Waals surface area contributed by atoms with Crippen LogP contribution in [0.1, 0.15) is 39.5 Å². The maximum Gasteiger partial charge on any atom is 0.329 e. The first-order valence-electron chi connectivity index (χ1n) is 6.97. The summed E-state index contributed by atoms with van der Waals surface area (Å²) in [5.41, 5.74) is 0.847. The normalized spacial score (nSPS) is 26.2. The van der Waals surface area contributed by atoms with Crippen LogP contribution in [0, 0.1) is 0 Å². The van der Waals surface area contributed by atoms with Gasteiger partial charge in [-0.3, -0.25) is 4.79 Å². The molecule has 0 aliphatic carbocycles. The first-order chi connectivity index (χ1) is 9.03. The van der Waals surface area contributed by atoms with Crippen molar-refractivity contribution in [1.29, 1.82) is 0 Å². The SMILES string of the molecule is CCCC1(C(=O)O)CCCN1C(=O)C(C)=C1CNC1. The topological polar surface area (TPSA) is 69.6 Å². The van der Waals surface area contributed by atoms with E-state index in [1.807, 2.05) is 13.8 Å². The second kappa shape index (κ2) is 5.33. The number of rotatable bonds is 4. The van der Waals surface area contributed by atoms with Gasteiger partial charge in [-0.05, 0) is 31.8 Å². The van der Waals surface area contributed by atoms with Crippen molar-refractivity contribution in [1.82, 2.24) is 10.2 Å². The van der Waals surface area contributed by atoms with Gasteiger partial charge in [0.05, 0.1) is 0 Å². The van der Waals surface area contributed by atoms with Crippen molar-refractivity contribution >= 4 is 11.9 Å². The number of carboxylic acids is 1. The summed E-state index contributed by atoms with van der Waals surface area (Å²) in [5, 5.41) is 12.7. The number of hydrogen-bond acceptors (Lipinski definition) is 3. The van der Waals surface area contributed by atoms with Crippen molar-refractivity contribution < 1.29 is 14.7 Å². The summed E-state index contributed by atoms with van der Waals surface area (Å²) in [6.45, 7) is 5.84. The molecule has 0 spiro atoms. The number of nitrogens with one attached hydrogen (secondary N) is 1. The number of aliphatic carboxylic acids is 1. The highest BCUT2D eigenvalue weighted by Crippen LogP contribution is 2.35. The molecule has 2 aliphatic rings. The van der Waals surface area contributed by atoms with Crippen LogP contribution in [0.4, 0.5) is 0 Å². The fourth-order valence-electron chi connectivity index (χ4n) is 3.05. The predicted molar refractivity (Wildman–Crippen MR) is 71.8 cm³/mol. The van der Waals surface area contributed by atoms with Crippen LogP contribution in [0.5, 0.6) is 0 Å². The average molecular weight is 266 g/mol. The van der Waals surface area contributed by atoms with Crippen LogP contribution in [0.3, 0.4) is 0 Å². The van der Waals surface area contributed by atoms with E-state index in [0.717, 1.165) is 37.1 Å². The number of likely N-dealkylation sites (tertiary alicyclic amines) is 1. The number of carbonyl (C=O) groups excluding carboxylic acids is 1. The molecule has 0 aromatic carbocycles. The van der Waals surface area contributed by atoms with E-state index in [-0.39, 0.29) is 5.91 Å². The fraction of sp³-hybridized carbons (Fsp3) is 0.714. The molecule has 0 aromatic heterocycles. The van der Waals surface area contributed by atoms with Crippen LogP contribution in [0.2, 0.25) is 0 Å². The summed E-state index contributed by atoms with van der Waals surface area (Å²) in [6.07, 6.45) is 2.66. The number of hydrogen-bond donors (Lipinski definition) is 2. The van der Waals surface area contributed by atoms with E-state index in [2.05, 4.69) is 5.32 Å². The highest BCUT2D eigenvalue weighted by atomic mass is 16.4. The van der Waals surface area contributed by atoms with Gasteiger partial charge < -0.3 is 15.3 Å². The Labute approximate surface area is 113 Å². The lowest BCUT2D eigenvalue weighted by Gasteiger charge is -2.36. The molecule has 0 radical (unpaired) electrons. The summed E-state index contributed by atoms with van der Waals surface area (Å²) in [7, 11) is 0. The first kappa shape index (κ1) is 14.1. The summed E-state index contributed by atoms with van der Waals surface area (Å²) in [6, 6.07) is 0. The molecular formula is C14H22N2O3. The van der Waals surface area contributed by atoms with Crippen LogP contribution in [0.25, 0.3) is 0 Å². The van der Waals surface area contributed by atoms with Gasteiger partial charge in [-0.1, -0.05) is 13.3 Å². The molecule has 5 heteroatoms. The van der Waals surface area contributed by atoms with Gasteiger partial charge in [0.1, 0.15) is 5.54 Å². The molecule has 2 heterocycles. The summed E-state index contributed by atoms with van der Waals surface area (Å²) in [5.74, 6) is -0.949. The minimum Gasteiger partial charge on any atom is -0.479 e. The maximum absolute atomic E-state index is 12.6. The van der Waals surface area contributed by atoms with E-state index in [4.69, 9.17) is 0 Å². The Balaban J connectivity index is 2.26. The van der Waals surface area contributed by atoms with Gasteiger partial charge in [0.25, 0.3) is 0 Å². The van der Waals surface area contributed by atoms with Crippen LogP contribution < -0.4 is 5.32 Å². The standard InChI is InChI=1S/C14H22N2O3/c1-3-5-14(13(18)19)6-4-7-16(14)12(17)10(2)11-8-15-9-11/h15H,3-9H2,1-2H3,(H,18,19). The Bertz CT molecular complexity index is 424. The molecule has 5 nitrogen and oxygen atoms in total. The lowest BCUT2D eigenvalue weighted by atomic mass is 9.90. The van der Waals surface area contributed by atoms with Gasteiger partial charge in [-0.15, -0.1) is 0 Å². The van der Waals surface area contributed by atoms with Crippen molar-refractivity contribution in [2.24, 2.45) is 0 Å². The zero-order valence-corrected chi connectivity index (χ0v) is 11.7. The third-order valence-electron chi connectivity index (χ3n) is 4.32. The van der Waals surface area contributed by atoms with Crippen molar-refractivity contribution in [3.8, 4) is 0 Å². The maximum atomic E-state index is 12.6. The number of carboxylic acid groups (broad SMARTS) is 1. The molecule has 1 amide bonds.